The van der Waals surface area contributed by atoms with E-state index in [9.17, 15) is 9.59 Å². The minimum absolute atomic E-state index is 0.319. The van der Waals surface area contributed by atoms with Gasteiger partial charge in [-0.15, -0.1) is 0 Å². The molecule has 0 saturated carbocycles. The van der Waals surface area contributed by atoms with E-state index in [1.807, 2.05) is 31.2 Å². The quantitative estimate of drug-likeness (QED) is 0.540. The van der Waals surface area contributed by atoms with Crippen LogP contribution in [0.1, 0.15) is 6.92 Å². The third-order valence-corrected chi connectivity index (χ3v) is 4.96. The van der Waals surface area contributed by atoms with Crippen LogP contribution in [0.2, 0.25) is 0 Å². The molecule has 0 aliphatic rings. The molecule has 8 heteroatoms. The standard InChI is InChI=1S/C20H20N2O5S/c1-3-22(20-21-14-8-4-7-11-17(14)28-20)18(23)12-27-19(24)13-26-16-10-6-5-9-15(16)25-2/h4-11H,3,12-13H2,1-2H3. The fourth-order valence-electron chi connectivity index (χ4n) is 2.53. The summed E-state index contributed by atoms with van der Waals surface area (Å²) >= 11 is 1.42. The van der Waals surface area contributed by atoms with Crippen molar-refractivity contribution in [2.24, 2.45) is 0 Å². The Balaban J connectivity index is 1.55. The second kappa shape index (κ2) is 9.18. The number of methoxy groups -OCH3 is 1. The van der Waals surface area contributed by atoms with Crippen LogP contribution in [0.4, 0.5) is 5.13 Å². The fourth-order valence-corrected chi connectivity index (χ4v) is 3.58. The summed E-state index contributed by atoms with van der Waals surface area (Å²) in [4.78, 5) is 30.4. The lowest BCUT2D eigenvalue weighted by molar-refractivity contribution is -0.149. The zero-order chi connectivity index (χ0) is 19.9. The van der Waals surface area contributed by atoms with Gasteiger partial charge in [0, 0.05) is 6.54 Å². The predicted molar refractivity (Wildman–Crippen MR) is 107 cm³/mol. The van der Waals surface area contributed by atoms with E-state index in [-0.39, 0.29) is 19.1 Å². The van der Waals surface area contributed by atoms with Crippen molar-refractivity contribution in [2.45, 2.75) is 6.92 Å². The molecule has 0 atom stereocenters. The van der Waals surface area contributed by atoms with Crippen molar-refractivity contribution in [1.82, 2.24) is 4.98 Å². The molecule has 0 aliphatic heterocycles. The van der Waals surface area contributed by atoms with Crippen LogP contribution >= 0.6 is 11.3 Å². The largest absolute Gasteiger partial charge is 0.493 e. The number of para-hydroxylation sites is 3. The molecule has 0 bridgehead atoms. The number of rotatable bonds is 8. The number of ether oxygens (including phenoxy) is 3. The Morgan fingerprint density at radius 2 is 1.75 bits per heavy atom. The molecule has 28 heavy (non-hydrogen) atoms. The number of carbonyl (C=O) groups is 2. The van der Waals surface area contributed by atoms with Gasteiger partial charge in [-0.05, 0) is 31.2 Å². The summed E-state index contributed by atoms with van der Waals surface area (Å²) in [6.45, 7) is 1.57. The van der Waals surface area contributed by atoms with Gasteiger partial charge >= 0.3 is 5.97 Å². The van der Waals surface area contributed by atoms with Crippen LogP contribution in [-0.4, -0.2) is 43.7 Å². The number of anilines is 1. The van der Waals surface area contributed by atoms with Gasteiger partial charge in [-0.2, -0.15) is 0 Å². The fraction of sp³-hybridized carbons (Fsp3) is 0.250. The highest BCUT2D eigenvalue weighted by atomic mass is 32.1. The number of fused-ring (bicyclic) bond motifs is 1. The van der Waals surface area contributed by atoms with Gasteiger partial charge in [0.25, 0.3) is 5.91 Å². The summed E-state index contributed by atoms with van der Waals surface area (Å²) in [5.74, 6) is -0.0379. The Kier molecular flexibility index (Phi) is 6.44. The monoisotopic (exact) mass is 400 g/mol. The molecule has 1 amide bonds. The molecule has 3 rings (SSSR count). The lowest BCUT2D eigenvalue weighted by Crippen LogP contribution is -2.35. The maximum absolute atomic E-state index is 12.5. The number of amides is 1. The van der Waals surface area contributed by atoms with E-state index in [1.165, 1.54) is 23.3 Å². The van der Waals surface area contributed by atoms with Gasteiger partial charge in [0.05, 0.1) is 17.3 Å². The Morgan fingerprint density at radius 3 is 2.46 bits per heavy atom. The highest BCUT2D eigenvalue weighted by molar-refractivity contribution is 7.22. The van der Waals surface area contributed by atoms with Crippen LogP contribution in [0.5, 0.6) is 11.5 Å². The van der Waals surface area contributed by atoms with E-state index in [1.54, 1.807) is 24.3 Å². The second-order valence-electron chi connectivity index (χ2n) is 5.70. The van der Waals surface area contributed by atoms with Gasteiger partial charge in [-0.1, -0.05) is 35.6 Å². The molecule has 0 N–H and O–H groups in total. The molecule has 146 valence electrons. The number of hydrogen-bond donors (Lipinski definition) is 0. The SMILES string of the molecule is CCN(C(=O)COC(=O)COc1ccccc1OC)c1nc2ccccc2s1. The van der Waals surface area contributed by atoms with E-state index in [2.05, 4.69) is 4.98 Å². The smallest absolute Gasteiger partial charge is 0.344 e. The minimum Gasteiger partial charge on any atom is -0.493 e. The number of benzene rings is 2. The van der Waals surface area contributed by atoms with Gasteiger partial charge in [0.15, 0.2) is 29.8 Å². The third kappa shape index (κ3) is 4.58. The molecule has 0 aliphatic carbocycles. The van der Waals surface area contributed by atoms with Crippen LogP contribution in [0.15, 0.2) is 48.5 Å². The predicted octanol–water partition coefficient (Wildman–Crippen LogP) is 3.28. The summed E-state index contributed by atoms with van der Waals surface area (Å²) in [5, 5.41) is 0.579. The average molecular weight is 400 g/mol. The van der Waals surface area contributed by atoms with Gasteiger partial charge in [0.1, 0.15) is 0 Å². The van der Waals surface area contributed by atoms with Crippen LogP contribution in [0, 0.1) is 0 Å². The normalized spacial score (nSPS) is 10.5. The topological polar surface area (TPSA) is 78.0 Å². The Labute approximate surface area is 166 Å². The lowest BCUT2D eigenvalue weighted by atomic mass is 10.3. The van der Waals surface area contributed by atoms with E-state index in [0.717, 1.165) is 10.2 Å². The van der Waals surface area contributed by atoms with Crippen molar-refractivity contribution in [2.75, 3.05) is 31.8 Å². The van der Waals surface area contributed by atoms with Crippen LogP contribution < -0.4 is 14.4 Å². The molecule has 7 nitrogen and oxygen atoms in total. The van der Waals surface area contributed by atoms with E-state index < -0.39 is 5.97 Å². The van der Waals surface area contributed by atoms with E-state index >= 15 is 0 Å². The molecule has 0 unspecified atom stereocenters. The summed E-state index contributed by atoms with van der Waals surface area (Å²) < 4.78 is 16.6. The van der Waals surface area contributed by atoms with Gasteiger partial charge < -0.3 is 14.2 Å². The zero-order valence-corrected chi connectivity index (χ0v) is 16.4. The molecule has 3 aromatic rings. The van der Waals surface area contributed by atoms with Crippen molar-refractivity contribution >= 4 is 38.6 Å². The van der Waals surface area contributed by atoms with Crippen molar-refractivity contribution in [1.29, 1.82) is 0 Å². The van der Waals surface area contributed by atoms with Crippen molar-refractivity contribution < 1.29 is 23.8 Å². The molecule has 0 spiro atoms. The van der Waals surface area contributed by atoms with Gasteiger partial charge in [-0.3, -0.25) is 9.69 Å². The Hall–Kier alpha value is -3.13. The number of carbonyl (C=O) groups excluding carboxylic acids is 2. The Morgan fingerprint density at radius 1 is 1.04 bits per heavy atom. The van der Waals surface area contributed by atoms with Crippen LogP contribution in [-0.2, 0) is 14.3 Å². The first kappa shape index (κ1) is 19.6. The summed E-state index contributed by atoms with van der Waals surface area (Å²) in [6.07, 6.45) is 0. The minimum atomic E-state index is -0.639. The first-order valence-corrected chi connectivity index (χ1v) is 9.51. The average Bonchev–Trinajstić information content (AvgIpc) is 3.15. The van der Waals surface area contributed by atoms with Crippen molar-refractivity contribution in [3.8, 4) is 11.5 Å². The summed E-state index contributed by atoms with van der Waals surface area (Å²) in [6, 6.07) is 14.6. The highest BCUT2D eigenvalue weighted by Crippen LogP contribution is 2.28. The molecular weight excluding hydrogens is 380 g/mol. The van der Waals surface area contributed by atoms with Gasteiger partial charge in [-0.25, -0.2) is 9.78 Å². The molecule has 0 saturated heterocycles. The number of thiazole rings is 1. The van der Waals surface area contributed by atoms with Crippen molar-refractivity contribution in [3.63, 3.8) is 0 Å². The number of hydrogen-bond acceptors (Lipinski definition) is 7. The summed E-state index contributed by atoms with van der Waals surface area (Å²) in [7, 11) is 1.51. The maximum Gasteiger partial charge on any atom is 0.344 e. The van der Waals surface area contributed by atoms with E-state index in [0.29, 0.717) is 23.2 Å². The number of aromatic nitrogens is 1. The maximum atomic E-state index is 12.5. The number of likely N-dealkylation sites (N-methyl/N-ethyl adjacent to an activating group) is 1. The van der Waals surface area contributed by atoms with Crippen LogP contribution in [0.3, 0.4) is 0 Å². The third-order valence-electron chi connectivity index (χ3n) is 3.90. The Bertz CT molecular complexity index is 939. The first-order valence-electron chi connectivity index (χ1n) is 8.69. The van der Waals surface area contributed by atoms with Crippen molar-refractivity contribution in [3.05, 3.63) is 48.5 Å². The molecule has 1 aromatic heterocycles. The molecular formula is C20H20N2O5S. The molecule has 0 fully saturated rings. The second-order valence-corrected chi connectivity index (χ2v) is 6.71. The highest BCUT2D eigenvalue weighted by Gasteiger charge is 2.20. The van der Waals surface area contributed by atoms with Crippen LogP contribution in [0.25, 0.3) is 10.2 Å². The molecule has 0 radical (unpaired) electrons. The van der Waals surface area contributed by atoms with E-state index in [4.69, 9.17) is 14.2 Å². The first-order chi connectivity index (χ1) is 13.6. The molecule has 1 heterocycles. The lowest BCUT2D eigenvalue weighted by Gasteiger charge is -2.17. The number of esters is 1. The van der Waals surface area contributed by atoms with Gasteiger partial charge in [0.2, 0.25) is 0 Å². The summed E-state index contributed by atoms with van der Waals surface area (Å²) in [5.41, 5.74) is 0.830. The molecule has 2 aromatic carbocycles. The zero-order valence-electron chi connectivity index (χ0n) is 15.6. The number of nitrogens with zero attached hydrogens (tertiary/aromatic N) is 2.